The van der Waals surface area contributed by atoms with Crippen LogP contribution in [0.25, 0.3) is 22.7 Å². The number of nitriles is 1. The quantitative estimate of drug-likeness (QED) is 0.336. The molecule has 0 saturated carbocycles. The van der Waals surface area contributed by atoms with Gasteiger partial charge < -0.3 is 19.7 Å². The second-order valence-electron chi connectivity index (χ2n) is 13.2. The van der Waals surface area contributed by atoms with Gasteiger partial charge in [-0.15, -0.1) is 11.3 Å². The van der Waals surface area contributed by atoms with Gasteiger partial charge in [0.1, 0.15) is 23.3 Å². The molecule has 0 bridgehead atoms. The van der Waals surface area contributed by atoms with Crippen molar-refractivity contribution in [1.82, 2.24) is 29.2 Å². The number of anilines is 1. The molecule has 4 aromatic heterocycles. The number of halogens is 1. The predicted octanol–water partition coefficient (Wildman–Crippen LogP) is 4.03. The van der Waals surface area contributed by atoms with E-state index in [0.717, 1.165) is 53.8 Å². The maximum Gasteiger partial charge on any atom is 0.330 e. The number of aryl methyl sites for hydroxylation is 2. The summed E-state index contributed by atoms with van der Waals surface area (Å²) in [5.74, 6) is 0.885. The summed E-state index contributed by atoms with van der Waals surface area (Å²) in [7, 11) is 3.57. The molecule has 1 spiro atoms. The van der Waals surface area contributed by atoms with Gasteiger partial charge in [0, 0.05) is 36.1 Å². The van der Waals surface area contributed by atoms with Gasteiger partial charge in [-0.2, -0.15) is 10.2 Å². The molecular weight excluding hydrogens is 611 g/mol. The number of nitrogens with two attached hydrogens (primary N) is 1. The summed E-state index contributed by atoms with van der Waals surface area (Å²) in [5.41, 5.74) is 9.74. The highest BCUT2D eigenvalue weighted by Crippen LogP contribution is 2.54. The van der Waals surface area contributed by atoms with Crippen LogP contribution in [0.1, 0.15) is 78.8 Å². The number of ether oxygens (including phenoxy) is 2. The van der Waals surface area contributed by atoms with Crippen molar-refractivity contribution in [1.29, 1.82) is 5.26 Å². The molecular formula is C32H37FN8O4S. The molecule has 2 fully saturated rings. The summed E-state index contributed by atoms with van der Waals surface area (Å²) < 4.78 is 36.5. The van der Waals surface area contributed by atoms with Crippen molar-refractivity contribution in [2.75, 3.05) is 32.5 Å². The minimum atomic E-state index is -1.04. The molecule has 0 radical (unpaired) electrons. The van der Waals surface area contributed by atoms with E-state index < -0.39 is 23.7 Å². The highest BCUT2D eigenvalue weighted by Gasteiger charge is 2.48. The van der Waals surface area contributed by atoms with Crippen molar-refractivity contribution < 1.29 is 18.4 Å². The number of fused-ring (bicyclic) bond motifs is 5. The van der Waals surface area contributed by atoms with E-state index in [1.165, 1.54) is 15.9 Å². The Morgan fingerprint density at radius 1 is 1.22 bits per heavy atom. The van der Waals surface area contributed by atoms with Gasteiger partial charge >= 0.3 is 5.69 Å². The Labute approximate surface area is 268 Å². The SMILES string of the molecule is C[C@H](Oc1nc(-c2onc3c2CCC[C@@]32CCCc3sc(N)c(C#N)c32)nc2c1n(C)c(=O)n2[C@@H]1CCOC1)[C@@H]1[C@H](F)CCN1C. The van der Waals surface area contributed by atoms with Crippen molar-refractivity contribution in [2.24, 2.45) is 7.05 Å². The zero-order valence-electron chi connectivity index (χ0n) is 26.2. The first-order chi connectivity index (χ1) is 22.2. The largest absolute Gasteiger partial charge is 0.471 e. The summed E-state index contributed by atoms with van der Waals surface area (Å²) in [4.78, 5) is 26.7. The molecule has 14 heteroatoms. The number of rotatable bonds is 5. The number of imidazole rings is 1. The predicted molar refractivity (Wildman–Crippen MR) is 169 cm³/mol. The third-order valence-corrected chi connectivity index (χ3v) is 11.7. The number of likely N-dealkylation sites (N-methyl/N-ethyl adjacent to an activating group) is 1. The standard InChI is InChI=1S/C32H37FN8O4S/c1-16(23-20(33)8-12-39(23)2)44-30-24-29(41(31(42)40(24)3)17-9-13-43-15-17)36-28(37-30)25-18-6-4-10-32(26(18)38-45-25)11-5-7-21-22(32)19(14-34)27(35)46-21/h16-17,20,23H,4-13,15,35H2,1-3H3/t16-,17+,20+,23+,32-/m0/s1. The molecule has 2 N–H and O–H groups in total. The zero-order valence-corrected chi connectivity index (χ0v) is 27.0. The van der Waals surface area contributed by atoms with Crippen LogP contribution in [0.5, 0.6) is 5.88 Å². The molecule has 8 rings (SSSR count). The van der Waals surface area contributed by atoms with E-state index in [0.29, 0.717) is 66.5 Å². The summed E-state index contributed by atoms with van der Waals surface area (Å²) in [6.45, 7) is 3.42. The number of thiophene rings is 1. The normalized spacial score (nSPS) is 26.8. The highest BCUT2D eigenvalue weighted by molar-refractivity contribution is 7.16. The molecule has 12 nitrogen and oxygen atoms in total. The Kier molecular flexibility index (Phi) is 7.00. The second kappa shape index (κ2) is 10.9. The van der Waals surface area contributed by atoms with Crippen LogP contribution in [0, 0.1) is 11.3 Å². The van der Waals surface area contributed by atoms with E-state index in [1.54, 1.807) is 11.6 Å². The Balaban J connectivity index is 1.30. The topological polar surface area (TPSA) is 150 Å². The summed E-state index contributed by atoms with van der Waals surface area (Å²) in [6, 6.07) is 1.72. The molecule has 4 aliphatic rings. The van der Waals surface area contributed by atoms with Gasteiger partial charge in [0.15, 0.2) is 11.2 Å². The maximum atomic E-state index is 15.0. The van der Waals surface area contributed by atoms with Gasteiger partial charge in [-0.1, -0.05) is 5.16 Å². The molecule has 6 heterocycles. The van der Waals surface area contributed by atoms with Crippen LogP contribution in [-0.4, -0.2) is 74.3 Å². The van der Waals surface area contributed by atoms with Crippen LogP contribution >= 0.6 is 11.3 Å². The van der Waals surface area contributed by atoms with Crippen LogP contribution in [0.2, 0.25) is 0 Å². The lowest BCUT2D eigenvalue weighted by atomic mass is 9.62. The Morgan fingerprint density at radius 2 is 2.02 bits per heavy atom. The molecule has 242 valence electrons. The van der Waals surface area contributed by atoms with Gasteiger partial charge in [0.2, 0.25) is 17.5 Å². The smallest absolute Gasteiger partial charge is 0.330 e. The van der Waals surface area contributed by atoms with E-state index in [9.17, 15) is 10.1 Å². The average molecular weight is 649 g/mol. The summed E-state index contributed by atoms with van der Waals surface area (Å²) >= 11 is 1.50. The first-order valence-corrected chi connectivity index (χ1v) is 16.9. The number of nitrogens with zero attached hydrogens (tertiary/aromatic N) is 7. The van der Waals surface area contributed by atoms with Crippen molar-refractivity contribution in [3.05, 3.63) is 37.7 Å². The second-order valence-corrected chi connectivity index (χ2v) is 14.4. The van der Waals surface area contributed by atoms with E-state index in [2.05, 4.69) is 11.2 Å². The number of alkyl halides is 1. The fourth-order valence-corrected chi connectivity index (χ4v) is 9.68. The molecule has 46 heavy (non-hydrogen) atoms. The van der Waals surface area contributed by atoms with E-state index in [4.69, 9.17) is 29.7 Å². The average Bonchev–Trinajstić information content (AvgIpc) is 3.86. The van der Waals surface area contributed by atoms with Crippen molar-refractivity contribution >= 4 is 27.5 Å². The monoisotopic (exact) mass is 648 g/mol. The van der Waals surface area contributed by atoms with Gasteiger partial charge in [-0.05, 0) is 70.9 Å². The Hall–Kier alpha value is -3.80. The first-order valence-electron chi connectivity index (χ1n) is 16.1. The van der Waals surface area contributed by atoms with Gasteiger partial charge in [0.05, 0.1) is 29.9 Å². The van der Waals surface area contributed by atoms with Gasteiger partial charge in [0.25, 0.3) is 0 Å². The molecule has 2 aliphatic heterocycles. The van der Waals surface area contributed by atoms with Crippen molar-refractivity contribution in [3.63, 3.8) is 0 Å². The van der Waals surface area contributed by atoms with Crippen LogP contribution in [0.3, 0.4) is 0 Å². The third-order valence-electron chi connectivity index (χ3n) is 10.7. The maximum absolute atomic E-state index is 15.0. The Bertz CT molecular complexity index is 1940. The number of hydrogen-bond acceptors (Lipinski definition) is 11. The summed E-state index contributed by atoms with van der Waals surface area (Å²) in [5, 5.41) is 15.3. The van der Waals surface area contributed by atoms with Crippen molar-refractivity contribution in [2.45, 2.75) is 88.1 Å². The van der Waals surface area contributed by atoms with Crippen LogP contribution in [0.15, 0.2) is 9.32 Å². The molecule has 5 atom stereocenters. The van der Waals surface area contributed by atoms with E-state index >= 15 is 4.39 Å². The minimum absolute atomic E-state index is 0.193. The lowest BCUT2D eigenvalue weighted by Gasteiger charge is -2.39. The molecule has 0 aromatic carbocycles. The number of nitrogen functional groups attached to an aromatic ring is 1. The number of hydrogen-bond donors (Lipinski definition) is 1. The highest BCUT2D eigenvalue weighted by atomic mass is 32.1. The lowest BCUT2D eigenvalue weighted by Crippen LogP contribution is -2.43. The van der Waals surface area contributed by atoms with Crippen LogP contribution in [-0.2, 0) is 30.0 Å². The van der Waals surface area contributed by atoms with Gasteiger partial charge in [-0.25, -0.2) is 14.2 Å². The number of aromatic nitrogens is 5. The molecule has 0 amide bonds. The molecule has 0 unspecified atom stereocenters. The van der Waals surface area contributed by atoms with Crippen molar-refractivity contribution in [3.8, 4) is 23.5 Å². The fourth-order valence-electron chi connectivity index (χ4n) is 8.52. The van der Waals surface area contributed by atoms with E-state index in [-0.39, 0.29) is 23.4 Å². The van der Waals surface area contributed by atoms with Crippen LogP contribution < -0.4 is 16.2 Å². The van der Waals surface area contributed by atoms with Crippen LogP contribution in [0.4, 0.5) is 9.39 Å². The Morgan fingerprint density at radius 3 is 2.74 bits per heavy atom. The third kappa shape index (κ3) is 4.21. The number of likely N-dealkylation sites (tertiary alicyclic amines) is 1. The molecule has 2 aliphatic carbocycles. The van der Waals surface area contributed by atoms with E-state index in [1.807, 2.05) is 18.9 Å². The minimum Gasteiger partial charge on any atom is -0.471 e. The van der Waals surface area contributed by atoms with Gasteiger partial charge in [-0.3, -0.25) is 14.0 Å². The first kappa shape index (κ1) is 29.6. The fraction of sp³-hybridized carbons (Fsp3) is 0.594. The summed E-state index contributed by atoms with van der Waals surface area (Å²) in [6.07, 6.45) is 4.62. The lowest BCUT2D eigenvalue weighted by molar-refractivity contribution is 0.0819. The zero-order chi connectivity index (χ0) is 31.9. The molecule has 4 aromatic rings. The molecule has 2 saturated heterocycles.